The van der Waals surface area contributed by atoms with E-state index in [0.717, 1.165) is 13.1 Å². The van der Waals surface area contributed by atoms with E-state index in [1.54, 1.807) is 0 Å². The molecule has 0 spiro atoms. The number of anilines is 1. The van der Waals surface area contributed by atoms with Gasteiger partial charge < -0.3 is 20.1 Å². The lowest BCUT2D eigenvalue weighted by molar-refractivity contribution is -0.122. The van der Waals surface area contributed by atoms with Crippen molar-refractivity contribution in [3.63, 3.8) is 0 Å². The molecule has 2 fully saturated rings. The Bertz CT molecular complexity index is 489. The van der Waals surface area contributed by atoms with E-state index in [-0.39, 0.29) is 12.4 Å². The minimum Gasteiger partial charge on any atom is -0.483 e. The van der Waals surface area contributed by atoms with Crippen molar-refractivity contribution in [1.29, 1.82) is 0 Å². The molecule has 0 unspecified atom stereocenters. The molecule has 21 heavy (non-hydrogen) atoms. The van der Waals surface area contributed by atoms with Crippen LogP contribution in [0.15, 0.2) is 24.3 Å². The molecule has 1 aromatic carbocycles. The minimum absolute atomic E-state index is 0.242. The molecule has 0 radical (unpaired) electrons. The second-order valence-corrected chi connectivity index (χ2v) is 5.02. The summed E-state index contributed by atoms with van der Waals surface area (Å²) in [7, 11) is 0. The van der Waals surface area contributed by atoms with Gasteiger partial charge in [0.15, 0.2) is 0 Å². The molecule has 2 atom stereocenters. The van der Waals surface area contributed by atoms with Gasteiger partial charge in [-0.25, -0.2) is 4.79 Å². The van der Waals surface area contributed by atoms with Crippen molar-refractivity contribution < 1.29 is 19.4 Å². The van der Waals surface area contributed by atoms with Crippen LogP contribution in [0.3, 0.4) is 0 Å². The molecule has 2 aliphatic heterocycles. The van der Waals surface area contributed by atoms with E-state index in [0.29, 0.717) is 24.3 Å². The van der Waals surface area contributed by atoms with Gasteiger partial charge in [-0.3, -0.25) is 4.79 Å². The molecule has 3 rings (SSSR count). The molecule has 0 amide bonds. The molecule has 1 aromatic rings. The lowest BCUT2D eigenvalue weighted by atomic mass is 10.2. The van der Waals surface area contributed by atoms with Crippen LogP contribution in [0.1, 0.15) is 23.7 Å². The van der Waals surface area contributed by atoms with E-state index >= 15 is 0 Å². The lowest BCUT2D eigenvalue weighted by Crippen LogP contribution is -2.43. The number of rotatable bonds is 3. The quantitative estimate of drug-likeness (QED) is 0.642. The normalized spacial score (nSPS) is 22.4. The van der Waals surface area contributed by atoms with Crippen LogP contribution in [0.5, 0.6) is 0 Å². The van der Waals surface area contributed by atoms with Crippen LogP contribution in [0, 0.1) is 0 Å². The molecule has 6 nitrogen and oxygen atoms in total. The van der Waals surface area contributed by atoms with Gasteiger partial charge >= 0.3 is 5.97 Å². The van der Waals surface area contributed by atoms with E-state index in [4.69, 9.17) is 14.6 Å². The first-order valence-corrected chi connectivity index (χ1v) is 7.04. The second-order valence-electron chi connectivity index (χ2n) is 5.02. The first-order chi connectivity index (χ1) is 10.2. The Hall–Kier alpha value is -2.08. The van der Waals surface area contributed by atoms with Gasteiger partial charge in [0.2, 0.25) is 0 Å². The van der Waals surface area contributed by atoms with Gasteiger partial charge in [0.25, 0.3) is 6.47 Å². The van der Waals surface area contributed by atoms with Gasteiger partial charge in [0.05, 0.1) is 12.2 Å². The predicted molar refractivity (Wildman–Crippen MR) is 78.6 cm³/mol. The van der Waals surface area contributed by atoms with Crippen LogP contribution >= 0.6 is 0 Å². The summed E-state index contributed by atoms with van der Waals surface area (Å²) in [5.74, 6) is -0.242. The number of carbonyl (C=O) groups is 2. The van der Waals surface area contributed by atoms with Crippen LogP contribution in [0.4, 0.5) is 5.69 Å². The van der Waals surface area contributed by atoms with Gasteiger partial charge in [-0.15, -0.1) is 0 Å². The fraction of sp³-hybridized carbons (Fsp3) is 0.467. The summed E-state index contributed by atoms with van der Waals surface area (Å²) in [6, 6.07) is 9.00. The van der Waals surface area contributed by atoms with Crippen LogP contribution in [0.2, 0.25) is 0 Å². The molecule has 114 valence electrons. The number of esters is 1. The summed E-state index contributed by atoms with van der Waals surface area (Å²) in [6.45, 7) is 4.14. The maximum Gasteiger partial charge on any atom is 0.338 e. The van der Waals surface area contributed by atoms with Gasteiger partial charge in [0, 0.05) is 30.9 Å². The molecular weight excluding hydrogens is 272 g/mol. The van der Waals surface area contributed by atoms with E-state index in [1.807, 2.05) is 31.2 Å². The summed E-state index contributed by atoms with van der Waals surface area (Å²) >= 11 is 0. The maximum absolute atomic E-state index is 11.6. The summed E-state index contributed by atoms with van der Waals surface area (Å²) < 4.78 is 4.98. The number of nitrogens with one attached hydrogen (secondary N) is 1. The Morgan fingerprint density at radius 3 is 2.62 bits per heavy atom. The van der Waals surface area contributed by atoms with Gasteiger partial charge in [-0.1, -0.05) is 0 Å². The van der Waals surface area contributed by atoms with Crippen molar-refractivity contribution in [2.24, 2.45) is 0 Å². The Labute approximate surface area is 123 Å². The van der Waals surface area contributed by atoms with Crippen LogP contribution < -0.4 is 10.2 Å². The van der Waals surface area contributed by atoms with Crippen molar-refractivity contribution >= 4 is 18.1 Å². The highest BCUT2D eigenvalue weighted by Crippen LogP contribution is 2.29. The molecular formula is C15H20N2O4. The van der Waals surface area contributed by atoms with E-state index in [9.17, 15) is 4.79 Å². The van der Waals surface area contributed by atoms with Crippen molar-refractivity contribution in [1.82, 2.24) is 5.32 Å². The third-order valence-corrected chi connectivity index (χ3v) is 3.77. The third-order valence-electron chi connectivity index (χ3n) is 3.77. The number of carbonyl (C=O) groups excluding carboxylic acids is 1. The number of piperazine rings is 1. The molecule has 6 heteroatoms. The fourth-order valence-electron chi connectivity index (χ4n) is 2.88. The van der Waals surface area contributed by atoms with Crippen LogP contribution in [0.25, 0.3) is 0 Å². The fourth-order valence-corrected chi connectivity index (χ4v) is 2.88. The average Bonchev–Trinajstić information content (AvgIpc) is 3.11. The molecule has 0 saturated carbocycles. The summed E-state index contributed by atoms with van der Waals surface area (Å²) in [6.07, 6.45) is 1.24. The number of fused-ring (bicyclic) bond motifs is 2. The topological polar surface area (TPSA) is 78.9 Å². The van der Waals surface area contributed by atoms with Gasteiger partial charge in [-0.2, -0.15) is 0 Å². The van der Waals surface area contributed by atoms with E-state index in [2.05, 4.69) is 10.2 Å². The molecule has 2 aliphatic rings. The standard InChI is InChI=1S/C14H18N2O2.CH2O2/c1-2-18-14(17)10-3-5-12(6-4-10)16-9-11-7-13(16)8-15-11;2-1-3/h3-6,11,13,15H,2,7-9H2,1H3;1H,(H,2,3)/t11-,13-;/m1./s1. The first-order valence-electron chi connectivity index (χ1n) is 7.04. The number of hydrogen-bond donors (Lipinski definition) is 2. The van der Waals surface area contributed by atoms with Crippen molar-refractivity contribution in [2.75, 3.05) is 24.6 Å². The summed E-state index contributed by atoms with van der Waals surface area (Å²) in [5, 5.41) is 10.4. The van der Waals surface area contributed by atoms with Crippen molar-refractivity contribution in [3.8, 4) is 0 Å². The second kappa shape index (κ2) is 7.08. The molecule has 2 heterocycles. The highest BCUT2D eigenvalue weighted by molar-refractivity contribution is 5.89. The zero-order valence-electron chi connectivity index (χ0n) is 12.0. The van der Waals surface area contributed by atoms with E-state index < -0.39 is 0 Å². The zero-order valence-corrected chi connectivity index (χ0v) is 12.0. The van der Waals surface area contributed by atoms with Gasteiger partial charge in [-0.05, 0) is 37.6 Å². The minimum atomic E-state index is -0.250. The molecule has 2 bridgehead atoms. The Morgan fingerprint density at radius 1 is 1.48 bits per heavy atom. The smallest absolute Gasteiger partial charge is 0.338 e. The van der Waals surface area contributed by atoms with Crippen molar-refractivity contribution in [3.05, 3.63) is 29.8 Å². The average molecular weight is 292 g/mol. The van der Waals surface area contributed by atoms with Crippen LogP contribution in [-0.2, 0) is 9.53 Å². The number of carboxylic acid groups (broad SMARTS) is 1. The molecule has 0 aliphatic carbocycles. The SMILES string of the molecule is CCOC(=O)c1ccc(N2C[C@H]3C[C@@H]2CN3)cc1.O=CO. The summed E-state index contributed by atoms with van der Waals surface area (Å²) in [5.41, 5.74) is 1.83. The van der Waals surface area contributed by atoms with E-state index in [1.165, 1.54) is 12.1 Å². The monoisotopic (exact) mass is 292 g/mol. The Kier molecular flexibility index (Phi) is 5.16. The molecule has 2 saturated heterocycles. The number of nitrogens with zero attached hydrogens (tertiary/aromatic N) is 1. The first kappa shape index (κ1) is 15.3. The van der Waals surface area contributed by atoms with Crippen molar-refractivity contribution in [2.45, 2.75) is 25.4 Å². The number of hydrogen-bond acceptors (Lipinski definition) is 5. The lowest BCUT2D eigenvalue weighted by Gasteiger charge is -2.29. The summed E-state index contributed by atoms with van der Waals surface area (Å²) in [4.78, 5) is 22.3. The number of benzene rings is 1. The predicted octanol–water partition coefficient (Wildman–Crippen LogP) is 1.11. The largest absolute Gasteiger partial charge is 0.483 e. The van der Waals surface area contributed by atoms with Crippen LogP contribution in [-0.4, -0.2) is 49.3 Å². The third kappa shape index (κ3) is 3.52. The molecule has 2 N–H and O–H groups in total. The maximum atomic E-state index is 11.6. The van der Waals surface area contributed by atoms with Gasteiger partial charge in [0.1, 0.15) is 0 Å². The zero-order chi connectivity index (χ0) is 15.2. The Morgan fingerprint density at radius 2 is 2.14 bits per heavy atom. The number of ether oxygens (including phenoxy) is 1. The molecule has 0 aromatic heterocycles. The Balaban J connectivity index is 0.000000497. The highest BCUT2D eigenvalue weighted by atomic mass is 16.5. The highest BCUT2D eigenvalue weighted by Gasteiger charge is 2.37.